The second kappa shape index (κ2) is 12.5. The molecule has 2 aromatic carbocycles. The Morgan fingerprint density at radius 3 is 1.89 bits per heavy atom. The molecule has 0 N–H and O–H groups in total. The van der Waals surface area contributed by atoms with Crippen molar-refractivity contribution < 1.29 is 14.2 Å². The summed E-state index contributed by atoms with van der Waals surface area (Å²) in [6.45, 7) is 8.53. The predicted octanol–water partition coefficient (Wildman–Crippen LogP) is 7.16. The first-order chi connectivity index (χ1) is 13.3. The minimum absolute atomic E-state index is 0.612. The molecule has 0 aromatic heterocycles. The Labute approximate surface area is 165 Å². The van der Waals surface area contributed by atoms with Crippen LogP contribution in [-0.2, 0) is 0 Å². The van der Waals surface area contributed by atoms with Crippen LogP contribution in [-0.4, -0.2) is 19.8 Å². The lowest BCUT2D eigenvalue weighted by Crippen LogP contribution is -2.04. The molecule has 3 heteroatoms. The molecule has 150 valence electrons. The highest BCUT2D eigenvalue weighted by Gasteiger charge is 2.15. The molecule has 0 heterocycles. The van der Waals surface area contributed by atoms with E-state index >= 15 is 0 Å². The summed E-state index contributed by atoms with van der Waals surface area (Å²) in [5.41, 5.74) is 0. The fraction of sp³-hybridized carbons (Fsp3) is 0.583. The molecule has 0 saturated heterocycles. The van der Waals surface area contributed by atoms with Crippen LogP contribution in [0.4, 0.5) is 0 Å². The quantitative estimate of drug-likeness (QED) is 0.329. The molecule has 0 radical (unpaired) electrons. The van der Waals surface area contributed by atoms with Gasteiger partial charge in [-0.3, -0.25) is 0 Å². The highest BCUT2D eigenvalue weighted by atomic mass is 16.5. The Morgan fingerprint density at radius 1 is 0.630 bits per heavy atom. The Morgan fingerprint density at radius 2 is 1.26 bits per heavy atom. The largest absolute Gasteiger partial charge is 0.493 e. The summed E-state index contributed by atoms with van der Waals surface area (Å²) in [7, 11) is 0. The van der Waals surface area contributed by atoms with Gasteiger partial charge in [0.25, 0.3) is 0 Å². The van der Waals surface area contributed by atoms with Crippen LogP contribution in [0.1, 0.15) is 72.1 Å². The molecule has 2 aromatic rings. The van der Waals surface area contributed by atoms with Crippen molar-refractivity contribution in [2.75, 3.05) is 19.8 Å². The second-order valence-electron chi connectivity index (χ2n) is 7.00. The molecular formula is C24H36O3. The third kappa shape index (κ3) is 6.64. The Kier molecular flexibility index (Phi) is 9.89. The first-order valence-corrected chi connectivity index (χ1v) is 10.8. The van der Waals surface area contributed by atoms with Crippen molar-refractivity contribution in [2.24, 2.45) is 0 Å². The van der Waals surface area contributed by atoms with E-state index in [0.29, 0.717) is 6.61 Å². The van der Waals surface area contributed by atoms with Gasteiger partial charge in [-0.1, -0.05) is 76.6 Å². The normalized spacial score (nSPS) is 10.9. The van der Waals surface area contributed by atoms with Crippen LogP contribution in [0.15, 0.2) is 30.3 Å². The van der Waals surface area contributed by atoms with E-state index in [1.807, 2.05) is 19.1 Å². The highest BCUT2D eigenvalue weighted by molar-refractivity contribution is 5.95. The number of unbranched alkanes of at least 4 members (excludes halogenated alkanes) is 6. The summed E-state index contributed by atoms with van der Waals surface area (Å²) in [4.78, 5) is 0. The van der Waals surface area contributed by atoms with Gasteiger partial charge in [0.2, 0.25) is 0 Å². The molecule has 0 fully saturated rings. The minimum Gasteiger partial charge on any atom is -0.493 e. The van der Waals surface area contributed by atoms with Crippen molar-refractivity contribution in [3.8, 4) is 17.2 Å². The monoisotopic (exact) mass is 372 g/mol. The highest BCUT2D eigenvalue weighted by Crippen LogP contribution is 2.41. The van der Waals surface area contributed by atoms with E-state index in [9.17, 15) is 0 Å². The minimum atomic E-state index is 0.612. The Bertz CT molecular complexity index is 666. The molecule has 3 nitrogen and oxygen atoms in total. The smallest absolute Gasteiger partial charge is 0.169 e. The van der Waals surface area contributed by atoms with E-state index in [2.05, 4.69) is 32.0 Å². The van der Waals surface area contributed by atoms with Gasteiger partial charge in [-0.2, -0.15) is 0 Å². The molecule has 27 heavy (non-hydrogen) atoms. The molecule has 0 spiro atoms. The number of fused-ring (bicyclic) bond motifs is 1. The average molecular weight is 373 g/mol. The maximum Gasteiger partial charge on any atom is 0.169 e. The molecule has 0 aliphatic carbocycles. The second-order valence-corrected chi connectivity index (χ2v) is 7.00. The van der Waals surface area contributed by atoms with Gasteiger partial charge >= 0.3 is 0 Å². The SMILES string of the molecule is CCCCCCOc1cc(OCC)c(OCCCCCC)c2ccccc12. The van der Waals surface area contributed by atoms with Crippen LogP contribution in [0.5, 0.6) is 17.2 Å². The van der Waals surface area contributed by atoms with E-state index in [0.717, 1.165) is 54.1 Å². The van der Waals surface area contributed by atoms with Crippen LogP contribution < -0.4 is 14.2 Å². The fourth-order valence-corrected chi connectivity index (χ4v) is 3.24. The van der Waals surface area contributed by atoms with Gasteiger partial charge < -0.3 is 14.2 Å². The average Bonchev–Trinajstić information content (AvgIpc) is 2.69. The van der Waals surface area contributed by atoms with Crippen molar-refractivity contribution >= 4 is 10.8 Å². The van der Waals surface area contributed by atoms with E-state index in [4.69, 9.17) is 14.2 Å². The van der Waals surface area contributed by atoms with Crippen LogP contribution in [0.3, 0.4) is 0 Å². The van der Waals surface area contributed by atoms with E-state index in [1.165, 1.54) is 38.5 Å². The molecule has 0 unspecified atom stereocenters. The molecule has 0 aliphatic rings. The summed E-state index contributed by atoms with van der Waals surface area (Å²) in [5.74, 6) is 2.53. The number of hydrogen-bond acceptors (Lipinski definition) is 3. The van der Waals surface area contributed by atoms with Crippen LogP contribution in [0.25, 0.3) is 10.8 Å². The van der Waals surface area contributed by atoms with Gasteiger partial charge in [-0.15, -0.1) is 0 Å². The summed E-state index contributed by atoms with van der Waals surface area (Å²) < 4.78 is 18.2. The molecule has 0 saturated carbocycles. The van der Waals surface area contributed by atoms with E-state index in [1.54, 1.807) is 0 Å². The van der Waals surface area contributed by atoms with Crippen molar-refractivity contribution in [2.45, 2.75) is 72.1 Å². The lowest BCUT2D eigenvalue weighted by Gasteiger charge is -2.18. The lowest BCUT2D eigenvalue weighted by molar-refractivity contribution is 0.269. The van der Waals surface area contributed by atoms with Crippen LogP contribution in [0, 0.1) is 0 Å². The summed E-state index contributed by atoms with van der Waals surface area (Å²) >= 11 is 0. The van der Waals surface area contributed by atoms with Gasteiger partial charge in [0.15, 0.2) is 11.5 Å². The van der Waals surface area contributed by atoms with Gasteiger partial charge in [-0.25, -0.2) is 0 Å². The third-order valence-corrected chi connectivity index (χ3v) is 4.72. The number of rotatable bonds is 14. The first-order valence-electron chi connectivity index (χ1n) is 10.8. The molecule has 2 rings (SSSR count). The van der Waals surface area contributed by atoms with Gasteiger partial charge in [0.1, 0.15) is 5.75 Å². The topological polar surface area (TPSA) is 27.7 Å². The van der Waals surface area contributed by atoms with E-state index in [-0.39, 0.29) is 0 Å². The zero-order valence-electron chi connectivity index (χ0n) is 17.4. The number of ether oxygens (including phenoxy) is 3. The Hall–Kier alpha value is -1.90. The number of hydrogen-bond donors (Lipinski definition) is 0. The molecule has 0 aliphatic heterocycles. The molecule has 0 atom stereocenters. The van der Waals surface area contributed by atoms with Crippen molar-refractivity contribution in [3.63, 3.8) is 0 Å². The van der Waals surface area contributed by atoms with Gasteiger partial charge in [0.05, 0.1) is 19.8 Å². The fourth-order valence-electron chi connectivity index (χ4n) is 3.24. The molecule has 0 amide bonds. The summed E-state index contributed by atoms with van der Waals surface area (Å²) in [5, 5.41) is 2.17. The van der Waals surface area contributed by atoms with Crippen molar-refractivity contribution in [1.82, 2.24) is 0 Å². The summed E-state index contributed by atoms with van der Waals surface area (Å²) in [6, 6.07) is 10.3. The molecule has 0 bridgehead atoms. The molecular weight excluding hydrogens is 336 g/mol. The van der Waals surface area contributed by atoms with Crippen molar-refractivity contribution in [1.29, 1.82) is 0 Å². The van der Waals surface area contributed by atoms with Gasteiger partial charge in [0, 0.05) is 16.8 Å². The first kappa shape index (κ1) is 21.4. The zero-order chi connectivity index (χ0) is 19.3. The third-order valence-electron chi connectivity index (χ3n) is 4.72. The summed E-state index contributed by atoms with van der Waals surface area (Å²) in [6.07, 6.45) is 9.57. The van der Waals surface area contributed by atoms with E-state index < -0.39 is 0 Å². The maximum atomic E-state index is 6.18. The van der Waals surface area contributed by atoms with Crippen LogP contribution in [0.2, 0.25) is 0 Å². The van der Waals surface area contributed by atoms with Crippen LogP contribution >= 0.6 is 0 Å². The predicted molar refractivity (Wildman–Crippen MR) is 114 cm³/mol. The van der Waals surface area contributed by atoms with Crippen molar-refractivity contribution in [3.05, 3.63) is 30.3 Å². The zero-order valence-corrected chi connectivity index (χ0v) is 17.4. The lowest BCUT2D eigenvalue weighted by atomic mass is 10.1. The number of benzene rings is 2. The standard InChI is InChI=1S/C24H36O3/c1-4-7-9-13-17-26-22-19-23(25-6-3)24(27-18-14-10-8-5-2)21-16-12-11-15-20(21)22/h11-12,15-16,19H,4-10,13-14,17-18H2,1-3H3. The van der Waals surface area contributed by atoms with Gasteiger partial charge in [-0.05, 0) is 19.8 Å². The maximum absolute atomic E-state index is 6.18. The Balaban J connectivity index is 2.18.